The minimum absolute atomic E-state index is 0.0240. The third-order valence-corrected chi connectivity index (χ3v) is 2.54. The summed E-state index contributed by atoms with van der Waals surface area (Å²) in [6.07, 6.45) is -0.531. The molecule has 0 aliphatic carbocycles. The molecule has 18 heavy (non-hydrogen) atoms. The molecule has 2 rings (SSSR count). The number of aromatic nitrogens is 4. The number of nitrogens with zero attached hydrogens (tertiary/aromatic N) is 3. The number of nitrogens with one attached hydrogen (secondary N) is 1. The summed E-state index contributed by atoms with van der Waals surface area (Å²) in [7, 11) is 0. The summed E-state index contributed by atoms with van der Waals surface area (Å²) in [5, 5.41) is 19.3. The van der Waals surface area contributed by atoms with Gasteiger partial charge in [-0.15, -0.1) is 0 Å². The molecule has 0 bridgehead atoms. The van der Waals surface area contributed by atoms with Gasteiger partial charge in [0.25, 0.3) is 5.56 Å². The van der Waals surface area contributed by atoms with E-state index in [4.69, 9.17) is 5.73 Å². The first-order valence-electron chi connectivity index (χ1n) is 5.41. The van der Waals surface area contributed by atoms with Crippen molar-refractivity contribution in [1.29, 1.82) is 0 Å². The maximum Gasteiger partial charge on any atom is 0.280 e. The maximum absolute atomic E-state index is 11.6. The smallest absolute Gasteiger partial charge is 0.280 e. The Morgan fingerprint density at radius 1 is 1.44 bits per heavy atom. The minimum atomic E-state index is -1.19. The molecule has 0 radical (unpaired) electrons. The summed E-state index contributed by atoms with van der Waals surface area (Å²) in [5.41, 5.74) is 5.02. The van der Waals surface area contributed by atoms with Crippen LogP contribution in [0.15, 0.2) is 11.0 Å². The number of nitrogens with two attached hydrogens (primary N) is 1. The van der Waals surface area contributed by atoms with Crippen molar-refractivity contribution in [2.24, 2.45) is 0 Å². The molecule has 0 aromatic carbocycles. The molecule has 0 saturated carbocycles. The quantitative estimate of drug-likeness (QED) is 0.554. The molecule has 0 aliphatic heterocycles. The second-order valence-electron chi connectivity index (χ2n) is 3.84. The van der Waals surface area contributed by atoms with Crippen LogP contribution in [0, 0.1) is 0 Å². The lowest BCUT2D eigenvalue weighted by Gasteiger charge is -2.15. The molecule has 0 aliphatic rings. The first-order chi connectivity index (χ1) is 8.52. The number of H-pyrrole nitrogens is 1. The van der Waals surface area contributed by atoms with Crippen LogP contribution in [0.4, 0.5) is 5.95 Å². The third-order valence-electron chi connectivity index (χ3n) is 2.54. The van der Waals surface area contributed by atoms with Gasteiger partial charge in [0.1, 0.15) is 6.10 Å². The van der Waals surface area contributed by atoms with Gasteiger partial charge >= 0.3 is 0 Å². The highest BCUT2D eigenvalue weighted by atomic mass is 16.3. The van der Waals surface area contributed by atoms with E-state index < -0.39 is 17.8 Å². The van der Waals surface area contributed by atoms with E-state index in [0.717, 1.165) is 0 Å². The van der Waals surface area contributed by atoms with Gasteiger partial charge < -0.3 is 15.9 Å². The van der Waals surface area contributed by atoms with Gasteiger partial charge in [-0.3, -0.25) is 9.78 Å². The fraction of sp³-hybridized carbons (Fsp3) is 0.400. The predicted octanol–water partition coefficient (Wildman–Crippen LogP) is -0.900. The van der Waals surface area contributed by atoms with Crippen molar-refractivity contribution >= 4 is 17.1 Å². The van der Waals surface area contributed by atoms with Gasteiger partial charge in [0.05, 0.1) is 18.0 Å². The Kier molecular flexibility index (Phi) is 3.21. The lowest BCUT2D eigenvalue weighted by atomic mass is 10.1. The highest BCUT2D eigenvalue weighted by Crippen LogP contribution is 2.17. The van der Waals surface area contributed by atoms with Crippen LogP contribution in [0.25, 0.3) is 11.2 Å². The molecule has 2 atom stereocenters. The highest BCUT2D eigenvalue weighted by molar-refractivity contribution is 5.69. The van der Waals surface area contributed by atoms with Crippen molar-refractivity contribution in [3.05, 3.63) is 22.2 Å². The fourth-order valence-corrected chi connectivity index (χ4v) is 1.51. The number of aliphatic hydroxyl groups excluding tert-OH is 2. The average molecular weight is 251 g/mol. The first-order valence-corrected chi connectivity index (χ1v) is 5.41. The van der Waals surface area contributed by atoms with Crippen LogP contribution < -0.4 is 11.3 Å². The van der Waals surface area contributed by atoms with Crippen molar-refractivity contribution in [2.45, 2.75) is 25.6 Å². The van der Waals surface area contributed by atoms with Crippen molar-refractivity contribution in [3.63, 3.8) is 0 Å². The van der Waals surface area contributed by atoms with E-state index in [2.05, 4.69) is 19.9 Å². The van der Waals surface area contributed by atoms with Crippen LogP contribution in [0.3, 0.4) is 0 Å². The zero-order chi connectivity index (χ0) is 13.3. The molecule has 0 amide bonds. The molecule has 0 unspecified atom stereocenters. The summed E-state index contributed by atoms with van der Waals surface area (Å²) in [5.74, 6) is -0.0521. The van der Waals surface area contributed by atoms with Crippen molar-refractivity contribution < 1.29 is 10.2 Å². The third kappa shape index (κ3) is 2.15. The van der Waals surface area contributed by atoms with Crippen LogP contribution in [0.1, 0.15) is 25.1 Å². The number of aromatic amines is 1. The number of hydrogen-bond donors (Lipinski definition) is 4. The van der Waals surface area contributed by atoms with Crippen molar-refractivity contribution in [3.8, 4) is 0 Å². The Labute approximate surface area is 102 Å². The van der Waals surface area contributed by atoms with Crippen LogP contribution in [0.2, 0.25) is 0 Å². The summed E-state index contributed by atoms with van der Waals surface area (Å²) in [4.78, 5) is 25.5. The Balaban J connectivity index is 2.54. The molecule has 0 fully saturated rings. The average Bonchev–Trinajstić information content (AvgIpc) is 2.36. The van der Waals surface area contributed by atoms with Gasteiger partial charge in [-0.2, -0.15) is 4.98 Å². The zero-order valence-electron chi connectivity index (χ0n) is 9.66. The van der Waals surface area contributed by atoms with E-state index in [1.807, 2.05) is 0 Å². The number of hydrogen-bond acceptors (Lipinski definition) is 7. The molecule has 0 spiro atoms. The fourth-order valence-electron chi connectivity index (χ4n) is 1.51. The van der Waals surface area contributed by atoms with Crippen molar-refractivity contribution in [1.82, 2.24) is 19.9 Å². The molecule has 8 heteroatoms. The lowest BCUT2D eigenvalue weighted by Crippen LogP contribution is -2.20. The summed E-state index contributed by atoms with van der Waals surface area (Å²) in [6, 6.07) is 0. The molecule has 2 aromatic rings. The topological polar surface area (TPSA) is 138 Å². The molecule has 2 heterocycles. The van der Waals surface area contributed by atoms with Crippen LogP contribution in [-0.2, 0) is 0 Å². The SMILES string of the molecule is CC[C@@H](O)[C@@H](O)c1cnc2nc(N)[nH]c(=O)c2n1. The second-order valence-corrected chi connectivity index (χ2v) is 3.84. The van der Waals surface area contributed by atoms with E-state index in [1.54, 1.807) is 6.92 Å². The van der Waals surface area contributed by atoms with Gasteiger partial charge in [-0.25, -0.2) is 9.97 Å². The van der Waals surface area contributed by atoms with Crippen LogP contribution >= 0.6 is 0 Å². The monoisotopic (exact) mass is 251 g/mol. The lowest BCUT2D eigenvalue weighted by molar-refractivity contribution is 0.0139. The van der Waals surface area contributed by atoms with Crippen LogP contribution in [0.5, 0.6) is 0 Å². The van der Waals surface area contributed by atoms with E-state index in [9.17, 15) is 15.0 Å². The van der Waals surface area contributed by atoms with Gasteiger partial charge in [0, 0.05) is 0 Å². The molecular weight excluding hydrogens is 238 g/mol. The van der Waals surface area contributed by atoms with E-state index in [-0.39, 0.29) is 22.8 Å². The van der Waals surface area contributed by atoms with Gasteiger partial charge in [-0.05, 0) is 6.42 Å². The van der Waals surface area contributed by atoms with Gasteiger partial charge in [0.15, 0.2) is 11.2 Å². The minimum Gasteiger partial charge on any atom is -0.390 e. The van der Waals surface area contributed by atoms with Gasteiger partial charge in [0.2, 0.25) is 5.95 Å². The molecule has 8 nitrogen and oxygen atoms in total. The predicted molar refractivity (Wildman–Crippen MR) is 63.6 cm³/mol. The molecule has 5 N–H and O–H groups in total. The van der Waals surface area contributed by atoms with Crippen LogP contribution in [-0.4, -0.2) is 36.3 Å². The second kappa shape index (κ2) is 4.67. The summed E-state index contributed by atoms with van der Waals surface area (Å²) >= 11 is 0. The van der Waals surface area contributed by atoms with Gasteiger partial charge in [-0.1, -0.05) is 6.92 Å². The van der Waals surface area contributed by atoms with Crippen molar-refractivity contribution in [2.75, 3.05) is 5.73 Å². The Hall–Kier alpha value is -2.06. The molecule has 2 aromatic heterocycles. The Morgan fingerprint density at radius 3 is 2.83 bits per heavy atom. The molecule has 96 valence electrons. The van der Waals surface area contributed by atoms with E-state index in [1.165, 1.54) is 6.20 Å². The highest BCUT2D eigenvalue weighted by Gasteiger charge is 2.19. The number of fused-ring (bicyclic) bond motifs is 1. The standard InChI is InChI=1S/C10H13N5O3/c1-2-5(16)7(17)4-3-12-8-6(13-4)9(18)15-10(11)14-8/h3,5,7,16-17H,2H2,1H3,(H3,11,12,14,15,18)/t5-,7+/m1/s1. The first kappa shape index (κ1) is 12.4. The number of aliphatic hydroxyl groups is 2. The number of nitrogen functional groups attached to an aromatic ring is 1. The largest absolute Gasteiger partial charge is 0.390 e. The molecular formula is C10H13N5O3. The van der Waals surface area contributed by atoms with E-state index >= 15 is 0 Å². The summed E-state index contributed by atoms with van der Waals surface area (Å²) in [6.45, 7) is 1.72. The Morgan fingerprint density at radius 2 is 2.17 bits per heavy atom. The van der Waals surface area contributed by atoms with E-state index in [0.29, 0.717) is 6.42 Å². The maximum atomic E-state index is 11.6. The zero-order valence-corrected chi connectivity index (χ0v) is 9.66. The number of rotatable bonds is 3. The Bertz CT molecular complexity index is 626. The normalized spacial score (nSPS) is 14.6. The number of anilines is 1. The summed E-state index contributed by atoms with van der Waals surface area (Å²) < 4.78 is 0. The molecule has 0 saturated heterocycles.